The Hall–Kier alpha value is -3.56. The van der Waals surface area contributed by atoms with Crippen LogP contribution in [0, 0.1) is 23.2 Å². The molecule has 0 spiro atoms. The number of imidazole rings is 1. The number of benzene rings is 2. The van der Waals surface area contributed by atoms with E-state index in [1.54, 1.807) is 42.8 Å². The van der Waals surface area contributed by atoms with Crippen LogP contribution < -0.4 is 5.32 Å². The van der Waals surface area contributed by atoms with Crippen LogP contribution in [0.3, 0.4) is 0 Å². The highest BCUT2D eigenvalue weighted by Gasteiger charge is 2.44. The van der Waals surface area contributed by atoms with Crippen molar-refractivity contribution in [2.75, 3.05) is 25.6 Å². The van der Waals surface area contributed by atoms with E-state index in [9.17, 15) is 14.9 Å². The molecule has 0 bridgehead atoms. The van der Waals surface area contributed by atoms with Crippen LogP contribution in [-0.4, -0.2) is 41.6 Å². The monoisotopic (exact) mass is 526 g/mol. The molecule has 186 valence electrons. The number of ether oxygens (including phenoxy) is 2. The number of aromatic nitrogens is 2. The first-order valence-electron chi connectivity index (χ1n) is 10.9. The number of halogens is 2. The molecule has 0 fully saturated rings. The van der Waals surface area contributed by atoms with Gasteiger partial charge in [0.2, 0.25) is 5.95 Å². The fraction of sp³-hybridized carbons (Fsp3) is 0.308. The average Bonchev–Trinajstić information content (AvgIpc) is 3.17. The zero-order valence-electron chi connectivity index (χ0n) is 20.5. The van der Waals surface area contributed by atoms with Crippen LogP contribution in [0.2, 0.25) is 10.0 Å². The van der Waals surface area contributed by atoms with Gasteiger partial charge in [0.1, 0.15) is 23.6 Å². The van der Waals surface area contributed by atoms with Crippen LogP contribution in [-0.2, 0) is 31.5 Å². The van der Waals surface area contributed by atoms with E-state index in [0.29, 0.717) is 38.3 Å². The number of nitrogens with zero attached hydrogens (tertiary/aromatic N) is 3. The molecule has 2 aromatic carbocycles. The van der Waals surface area contributed by atoms with E-state index in [2.05, 4.69) is 28.2 Å². The van der Waals surface area contributed by atoms with E-state index >= 15 is 0 Å². The fourth-order valence-electron chi connectivity index (χ4n) is 3.75. The normalized spacial score (nSPS) is 12.3. The Labute approximate surface area is 219 Å². The summed E-state index contributed by atoms with van der Waals surface area (Å²) in [5, 5.41) is 14.1. The Morgan fingerprint density at radius 1 is 1.28 bits per heavy atom. The molecule has 1 atom stereocenters. The zero-order chi connectivity index (χ0) is 26.6. The molecule has 0 aliphatic heterocycles. The number of methoxy groups -OCH3 is 1. The van der Waals surface area contributed by atoms with Crippen LogP contribution >= 0.6 is 23.2 Å². The van der Waals surface area contributed by atoms with Crippen molar-refractivity contribution in [2.24, 2.45) is 7.05 Å². The predicted molar refractivity (Wildman–Crippen MR) is 139 cm³/mol. The summed E-state index contributed by atoms with van der Waals surface area (Å²) in [6.07, 6.45) is 0. The van der Waals surface area contributed by atoms with Crippen molar-refractivity contribution in [2.45, 2.75) is 26.2 Å². The third kappa shape index (κ3) is 4.76. The molecule has 0 saturated heterocycles. The highest BCUT2D eigenvalue weighted by atomic mass is 35.5. The number of nitrogens with one attached hydrogen (secondary N) is 1. The summed E-state index contributed by atoms with van der Waals surface area (Å²) in [7, 11) is 3.20. The Bertz CT molecular complexity index is 1440. The smallest absolute Gasteiger partial charge is 0.323 e. The van der Waals surface area contributed by atoms with Crippen molar-refractivity contribution in [3.05, 3.63) is 51.0 Å². The molecule has 36 heavy (non-hydrogen) atoms. The van der Waals surface area contributed by atoms with Gasteiger partial charge in [-0.2, -0.15) is 5.26 Å². The van der Waals surface area contributed by atoms with E-state index in [1.165, 1.54) is 21.0 Å². The van der Waals surface area contributed by atoms with Gasteiger partial charge in [0.15, 0.2) is 5.78 Å². The lowest BCUT2D eigenvalue weighted by Crippen LogP contribution is -2.41. The molecule has 1 N–H and O–H groups in total. The molecule has 0 amide bonds. The lowest BCUT2D eigenvalue weighted by Gasteiger charge is -2.26. The average molecular weight is 527 g/mol. The predicted octanol–water partition coefficient (Wildman–Crippen LogP) is 4.90. The lowest BCUT2D eigenvalue weighted by molar-refractivity contribution is -0.152. The number of hydrogen-bond acceptors (Lipinski definition) is 7. The van der Waals surface area contributed by atoms with Gasteiger partial charge in [-0.15, -0.1) is 0 Å². The topological polar surface area (TPSA) is 106 Å². The molecule has 0 saturated carbocycles. The zero-order valence-corrected chi connectivity index (χ0v) is 22.0. The maximum atomic E-state index is 13.0. The largest absolute Gasteiger partial charge is 0.465 e. The maximum absolute atomic E-state index is 13.0. The fourth-order valence-corrected chi connectivity index (χ4v) is 4.24. The summed E-state index contributed by atoms with van der Waals surface area (Å²) in [5.41, 5.74) is 0.140. The van der Waals surface area contributed by atoms with Crippen molar-refractivity contribution in [1.82, 2.24) is 9.55 Å². The number of esters is 1. The number of para-hydroxylation sites is 1. The second-order valence-electron chi connectivity index (χ2n) is 8.01. The first kappa shape index (κ1) is 27.0. The summed E-state index contributed by atoms with van der Waals surface area (Å²) in [5.74, 6) is 4.95. The quantitative estimate of drug-likeness (QED) is 0.265. The van der Waals surface area contributed by atoms with Crippen molar-refractivity contribution in [3.8, 4) is 17.9 Å². The number of Topliss-reactive ketones (excluding diaryl/α,β-unsaturated/α-hetero) is 1. The van der Waals surface area contributed by atoms with E-state index < -0.39 is 17.2 Å². The molecule has 0 radical (unpaired) electrons. The number of carbonyl (C=O) groups excluding carboxylic acids is 2. The summed E-state index contributed by atoms with van der Waals surface area (Å²) in [6.45, 7) is 4.60. The molecule has 3 aromatic rings. The molecule has 10 heteroatoms. The van der Waals surface area contributed by atoms with Gasteiger partial charge < -0.3 is 19.4 Å². The third-order valence-corrected chi connectivity index (χ3v) is 6.45. The van der Waals surface area contributed by atoms with E-state index in [0.717, 1.165) is 0 Å². The van der Waals surface area contributed by atoms with Crippen molar-refractivity contribution >= 4 is 57.6 Å². The van der Waals surface area contributed by atoms with Crippen LogP contribution in [0.15, 0.2) is 24.3 Å². The minimum absolute atomic E-state index is 0.0741. The number of ketones is 1. The van der Waals surface area contributed by atoms with Crippen LogP contribution in [0.1, 0.15) is 37.5 Å². The molecule has 1 aromatic heterocycles. The van der Waals surface area contributed by atoms with Gasteiger partial charge in [-0.25, -0.2) is 4.98 Å². The number of fused-ring (bicyclic) bond motifs is 1. The number of anilines is 2. The van der Waals surface area contributed by atoms with Crippen LogP contribution in [0.4, 0.5) is 11.6 Å². The van der Waals surface area contributed by atoms with E-state index in [-0.39, 0.29) is 24.3 Å². The van der Waals surface area contributed by atoms with Crippen molar-refractivity contribution in [1.29, 1.82) is 5.26 Å². The Morgan fingerprint density at radius 3 is 2.50 bits per heavy atom. The number of aryl methyl sites for hydroxylation is 1. The SMILES string of the molecule is CCOC(=O)C(C)(C(C)=O)c1cc(C#CCOC)c2nc(Nc3c(Cl)cccc3Cl)n(C)c2c1C#N. The van der Waals surface area contributed by atoms with Crippen LogP contribution in [0.5, 0.6) is 0 Å². The van der Waals surface area contributed by atoms with E-state index in [4.69, 9.17) is 32.7 Å². The molecule has 0 aliphatic rings. The van der Waals surface area contributed by atoms with Gasteiger partial charge in [-0.3, -0.25) is 9.59 Å². The highest BCUT2D eigenvalue weighted by Crippen LogP contribution is 2.38. The summed E-state index contributed by atoms with van der Waals surface area (Å²) >= 11 is 12.7. The first-order chi connectivity index (χ1) is 17.1. The summed E-state index contributed by atoms with van der Waals surface area (Å²) in [4.78, 5) is 30.5. The highest BCUT2D eigenvalue weighted by molar-refractivity contribution is 6.39. The van der Waals surface area contributed by atoms with Gasteiger partial charge in [-0.1, -0.05) is 41.1 Å². The molecular weight excluding hydrogens is 503 g/mol. The van der Waals surface area contributed by atoms with Crippen molar-refractivity contribution < 1.29 is 19.1 Å². The van der Waals surface area contributed by atoms with Gasteiger partial charge >= 0.3 is 5.97 Å². The molecular formula is C26H24Cl2N4O4. The van der Waals surface area contributed by atoms with Crippen LogP contribution in [0.25, 0.3) is 11.0 Å². The van der Waals surface area contributed by atoms with Gasteiger partial charge in [-0.05, 0) is 44.5 Å². The van der Waals surface area contributed by atoms with Crippen molar-refractivity contribution in [3.63, 3.8) is 0 Å². The molecule has 1 heterocycles. The molecule has 0 aliphatic carbocycles. The molecule has 3 rings (SSSR count). The number of nitriles is 1. The molecule has 1 unspecified atom stereocenters. The second-order valence-corrected chi connectivity index (χ2v) is 8.82. The number of hydrogen-bond donors (Lipinski definition) is 1. The first-order valence-corrected chi connectivity index (χ1v) is 11.7. The lowest BCUT2D eigenvalue weighted by atomic mass is 9.76. The summed E-state index contributed by atoms with van der Waals surface area (Å²) < 4.78 is 11.9. The minimum atomic E-state index is -1.74. The maximum Gasteiger partial charge on any atom is 0.323 e. The standard InChI is InChI=1S/C26H24Cl2N4O4/c1-6-36-24(34)26(3,15(2)33)18-13-16(9-8-12-35-5)21-23(17(18)14-29)32(4)25(30-21)31-22-19(27)10-7-11-20(22)28/h7,10-11,13H,6,12H2,1-5H3,(H,30,31). The van der Waals surface area contributed by atoms with Gasteiger partial charge in [0, 0.05) is 14.2 Å². The number of carbonyl (C=O) groups is 2. The third-order valence-electron chi connectivity index (χ3n) is 5.82. The second kappa shape index (κ2) is 11.0. The molecule has 8 nitrogen and oxygen atoms in total. The van der Waals surface area contributed by atoms with Gasteiger partial charge in [0.05, 0.1) is 39.0 Å². The minimum Gasteiger partial charge on any atom is -0.465 e. The van der Waals surface area contributed by atoms with E-state index in [1.807, 2.05) is 0 Å². The Kier molecular flexibility index (Phi) is 8.27. The Balaban J connectivity index is 2.40. The summed E-state index contributed by atoms with van der Waals surface area (Å²) in [6, 6.07) is 8.77. The Morgan fingerprint density at radius 2 is 1.94 bits per heavy atom. The number of rotatable bonds is 7. The van der Waals surface area contributed by atoms with Gasteiger partial charge in [0.25, 0.3) is 0 Å².